The fraction of sp³-hybridized carbons (Fsp3) is 0.471. The fourth-order valence-corrected chi connectivity index (χ4v) is 3.19. The van der Waals surface area contributed by atoms with Gasteiger partial charge in [0, 0.05) is 31.8 Å². The minimum Gasteiger partial charge on any atom is -0.497 e. The van der Waals surface area contributed by atoms with Crippen molar-refractivity contribution in [3.05, 3.63) is 47.5 Å². The van der Waals surface area contributed by atoms with Crippen LogP contribution in [0.1, 0.15) is 30.3 Å². The first kappa shape index (κ1) is 14.1. The van der Waals surface area contributed by atoms with Crippen LogP contribution in [0.2, 0.25) is 0 Å². The van der Waals surface area contributed by atoms with Crippen molar-refractivity contribution in [3.63, 3.8) is 0 Å². The molecule has 0 aliphatic heterocycles. The van der Waals surface area contributed by atoms with E-state index in [-0.39, 0.29) is 0 Å². The van der Waals surface area contributed by atoms with Crippen molar-refractivity contribution in [2.75, 3.05) is 7.11 Å². The standard InChI is InChI=1S/C17H22N2O2/c1-3-19-9-8-18-16(19)12-17(20)7-6-13-4-5-15(21-2)10-14(13)11-17/h4-5,8-10,20H,3,6-7,11-12H2,1-2H3. The predicted octanol–water partition coefficient (Wildman–Crippen LogP) is 2.37. The number of benzene rings is 1. The Labute approximate surface area is 125 Å². The highest BCUT2D eigenvalue weighted by atomic mass is 16.5. The third-order valence-corrected chi connectivity index (χ3v) is 4.42. The Morgan fingerprint density at radius 1 is 1.38 bits per heavy atom. The maximum Gasteiger partial charge on any atom is 0.119 e. The molecule has 4 heteroatoms. The summed E-state index contributed by atoms with van der Waals surface area (Å²) in [5, 5.41) is 11.0. The highest BCUT2D eigenvalue weighted by Gasteiger charge is 2.33. The smallest absolute Gasteiger partial charge is 0.119 e. The van der Waals surface area contributed by atoms with Crippen molar-refractivity contribution in [1.29, 1.82) is 0 Å². The van der Waals surface area contributed by atoms with Gasteiger partial charge in [-0.15, -0.1) is 0 Å². The third-order valence-electron chi connectivity index (χ3n) is 4.42. The molecule has 3 rings (SSSR count). The molecule has 0 fully saturated rings. The zero-order valence-electron chi connectivity index (χ0n) is 12.7. The molecule has 1 N–H and O–H groups in total. The Hall–Kier alpha value is -1.81. The molecule has 0 saturated carbocycles. The number of rotatable bonds is 4. The Morgan fingerprint density at radius 3 is 3.00 bits per heavy atom. The van der Waals surface area contributed by atoms with E-state index in [1.54, 1.807) is 7.11 Å². The van der Waals surface area contributed by atoms with E-state index in [0.717, 1.165) is 31.0 Å². The van der Waals surface area contributed by atoms with E-state index in [1.165, 1.54) is 11.1 Å². The summed E-state index contributed by atoms with van der Waals surface area (Å²) in [5.41, 5.74) is 1.80. The number of methoxy groups -OCH3 is 1. The van der Waals surface area contributed by atoms with Crippen molar-refractivity contribution in [1.82, 2.24) is 9.55 Å². The van der Waals surface area contributed by atoms with Gasteiger partial charge in [-0.05, 0) is 43.0 Å². The van der Waals surface area contributed by atoms with Gasteiger partial charge in [-0.25, -0.2) is 4.98 Å². The SMILES string of the molecule is CCn1ccnc1CC1(O)CCc2ccc(OC)cc2C1. The Kier molecular flexibility index (Phi) is 3.72. The van der Waals surface area contributed by atoms with Gasteiger partial charge in [0.05, 0.1) is 12.7 Å². The number of aromatic nitrogens is 2. The summed E-state index contributed by atoms with van der Waals surface area (Å²) in [6.45, 7) is 2.98. The van der Waals surface area contributed by atoms with Crippen LogP contribution in [0.5, 0.6) is 5.75 Å². The second-order valence-corrected chi connectivity index (χ2v) is 5.84. The quantitative estimate of drug-likeness (QED) is 0.938. The molecule has 0 radical (unpaired) electrons. The number of hydrogen-bond acceptors (Lipinski definition) is 3. The van der Waals surface area contributed by atoms with Crippen LogP contribution in [0, 0.1) is 0 Å². The van der Waals surface area contributed by atoms with E-state index in [4.69, 9.17) is 4.74 Å². The second kappa shape index (κ2) is 5.53. The molecule has 1 atom stereocenters. The number of hydrogen-bond donors (Lipinski definition) is 1. The molecule has 21 heavy (non-hydrogen) atoms. The highest BCUT2D eigenvalue weighted by molar-refractivity contribution is 5.38. The first-order valence-corrected chi connectivity index (χ1v) is 7.52. The maximum atomic E-state index is 11.0. The zero-order valence-corrected chi connectivity index (χ0v) is 12.7. The maximum absolute atomic E-state index is 11.0. The van der Waals surface area contributed by atoms with E-state index in [0.29, 0.717) is 12.8 Å². The minimum atomic E-state index is -0.711. The predicted molar refractivity (Wildman–Crippen MR) is 81.6 cm³/mol. The number of fused-ring (bicyclic) bond motifs is 1. The van der Waals surface area contributed by atoms with Gasteiger partial charge >= 0.3 is 0 Å². The average Bonchev–Trinajstić information content (AvgIpc) is 2.92. The molecule has 1 unspecified atom stereocenters. The molecule has 1 aliphatic carbocycles. The van der Waals surface area contributed by atoms with E-state index < -0.39 is 5.60 Å². The number of nitrogens with zero attached hydrogens (tertiary/aromatic N) is 2. The van der Waals surface area contributed by atoms with Gasteiger partial charge in [0.25, 0.3) is 0 Å². The van der Waals surface area contributed by atoms with Crippen molar-refractivity contribution < 1.29 is 9.84 Å². The van der Waals surface area contributed by atoms with Gasteiger partial charge in [-0.3, -0.25) is 0 Å². The van der Waals surface area contributed by atoms with Crippen molar-refractivity contribution in [3.8, 4) is 5.75 Å². The number of aliphatic hydroxyl groups is 1. The van der Waals surface area contributed by atoms with Crippen LogP contribution in [-0.2, 0) is 25.8 Å². The Balaban J connectivity index is 1.83. The second-order valence-electron chi connectivity index (χ2n) is 5.84. The van der Waals surface area contributed by atoms with Gasteiger partial charge in [-0.1, -0.05) is 6.07 Å². The van der Waals surface area contributed by atoms with Gasteiger partial charge in [0.2, 0.25) is 0 Å². The third kappa shape index (κ3) is 2.81. The summed E-state index contributed by atoms with van der Waals surface area (Å²) in [6.07, 6.45) is 6.73. The van der Waals surface area contributed by atoms with Crippen molar-refractivity contribution in [2.24, 2.45) is 0 Å². The Bertz CT molecular complexity index is 635. The molecule has 0 bridgehead atoms. The van der Waals surface area contributed by atoms with E-state index in [9.17, 15) is 5.11 Å². The number of ether oxygens (including phenoxy) is 1. The molecule has 1 aromatic heterocycles. The normalized spacial score (nSPS) is 21.1. The summed E-state index contributed by atoms with van der Waals surface area (Å²) < 4.78 is 7.39. The van der Waals surface area contributed by atoms with Crippen LogP contribution in [0.4, 0.5) is 0 Å². The summed E-state index contributed by atoms with van der Waals surface area (Å²) in [4.78, 5) is 4.39. The molecular formula is C17H22N2O2. The number of imidazole rings is 1. The fourth-order valence-electron chi connectivity index (χ4n) is 3.19. The molecular weight excluding hydrogens is 264 g/mol. The van der Waals surface area contributed by atoms with Gasteiger partial charge in [0.15, 0.2) is 0 Å². The lowest BCUT2D eigenvalue weighted by atomic mass is 9.78. The molecule has 1 aliphatic rings. The van der Waals surface area contributed by atoms with Gasteiger partial charge in [0.1, 0.15) is 11.6 Å². The molecule has 0 amide bonds. The monoisotopic (exact) mass is 286 g/mol. The lowest BCUT2D eigenvalue weighted by molar-refractivity contribution is 0.0241. The van der Waals surface area contributed by atoms with Crippen LogP contribution in [-0.4, -0.2) is 27.4 Å². The average molecular weight is 286 g/mol. The van der Waals surface area contributed by atoms with Crippen LogP contribution in [0.25, 0.3) is 0 Å². The first-order chi connectivity index (χ1) is 10.1. The van der Waals surface area contributed by atoms with E-state index in [2.05, 4.69) is 22.5 Å². The summed E-state index contributed by atoms with van der Waals surface area (Å²) in [7, 11) is 1.68. The van der Waals surface area contributed by atoms with Crippen molar-refractivity contribution >= 4 is 0 Å². The van der Waals surface area contributed by atoms with Gasteiger partial charge in [-0.2, -0.15) is 0 Å². The first-order valence-electron chi connectivity index (χ1n) is 7.52. The zero-order chi connectivity index (χ0) is 14.9. The molecule has 0 spiro atoms. The highest BCUT2D eigenvalue weighted by Crippen LogP contribution is 2.33. The molecule has 0 saturated heterocycles. The molecule has 2 aromatic rings. The molecule has 112 valence electrons. The van der Waals surface area contributed by atoms with Crippen LogP contribution < -0.4 is 4.74 Å². The van der Waals surface area contributed by atoms with Crippen LogP contribution in [0.3, 0.4) is 0 Å². The van der Waals surface area contributed by atoms with Crippen LogP contribution >= 0.6 is 0 Å². The van der Waals surface area contributed by atoms with Crippen LogP contribution in [0.15, 0.2) is 30.6 Å². The molecule has 1 aromatic carbocycles. The lowest BCUT2D eigenvalue weighted by Crippen LogP contribution is -2.39. The largest absolute Gasteiger partial charge is 0.497 e. The number of aryl methyl sites for hydroxylation is 2. The minimum absolute atomic E-state index is 0.602. The molecule has 1 heterocycles. The summed E-state index contributed by atoms with van der Waals surface area (Å²) in [6, 6.07) is 6.15. The lowest BCUT2D eigenvalue weighted by Gasteiger charge is -2.33. The van der Waals surface area contributed by atoms with E-state index in [1.807, 2.05) is 24.5 Å². The Morgan fingerprint density at radius 2 is 2.24 bits per heavy atom. The van der Waals surface area contributed by atoms with Crippen molar-refractivity contribution in [2.45, 2.75) is 44.8 Å². The summed E-state index contributed by atoms with van der Waals surface area (Å²) >= 11 is 0. The summed E-state index contributed by atoms with van der Waals surface area (Å²) in [5.74, 6) is 1.82. The van der Waals surface area contributed by atoms with E-state index >= 15 is 0 Å². The topological polar surface area (TPSA) is 47.3 Å². The van der Waals surface area contributed by atoms with Gasteiger partial charge < -0.3 is 14.4 Å². The molecule has 4 nitrogen and oxygen atoms in total.